The zero-order chi connectivity index (χ0) is 12.3. The van der Waals surface area contributed by atoms with E-state index in [9.17, 15) is 4.79 Å². The Bertz CT molecular complexity index is 635. The number of allylic oxidation sites excluding steroid dienone is 1. The van der Waals surface area contributed by atoms with Crippen molar-refractivity contribution < 1.29 is 4.79 Å². The predicted molar refractivity (Wildman–Crippen MR) is 68.1 cm³/mol. The number of rotatable bonds is 0. The van der Waals surface area contributed by atoms with E-state index in [1.165, 1.54) is 5.56 Å². The molecule has 1 aromatic rings. The van der Waals surface area contributed by atoms with Crippen molar-refractivity contribution in [2.45, 2.75) is 12.6 Å². The van der Waals surface area contributed by atoms with Gasteiger partial charge in [0.05, 0.1) is 5.70 Å². The first-order chi connectivity index (χ1) is 8.74. The van der Waals surface area contributed by atoms with Gasteiger partial charge in [0.25, 0.3) is 5.91 Å². The van der Waals surface area contributed by atoms with Gasteiger partial charge in [0, 0.05) is 35.1 Å². The molecule has 18 heavy (non-hydrogen) atoms. The molecule has 0 fully saturated rings. The molecule has 2 heterocycles. The molecule has 5 heteroatoms. The molecule has 2 N–H and O–H groups in total. The average Bonchev–Trinajstić information content (AvgIpc) is 2.94. The highest BCUT2D eigenvalue weighted by molar-refractivity contribution is 6.30. The molecule has 0 saturated carbocycles. The molecule has 2 aliphatic heterocycles. The van der Waals surface area contributed by atoms with Crippen molar-refractivity contribution in [2.24, 2.45) is 0 Å². The molecular weight excluding hydrogens is 250 g/mol. The Morgan fingerprint density at radius 1 is 1.39 bits per heavy atom. The molecule has 0 bridgehead atoms. The number of carbonyl (C=O) groups is 1. The van der Waals surface area contributed by atoms with Gasteiger partial charge in [-0.25, -0.2) is 0 Å². The summed E-state index contributed by atoms with van der Waals surface area (Å²) in [6, 6.07) is 5.81. The summed E-state index contributed by atoms with van der Waals surface area (Å²) in [5.74, 6) is -0.0356. The van der Waals surface area contributed by atoms with Gasteiger partial charge in [-0.3, -0.25) is 4.79 Å². The summed E-state index contributed by atoms with van der Waals surface area (Å²) < 4.78 is 0. The van der Waals surface area contributed by atoms with Crippen molar-refractivity contribution in [1.82, 2.24) is 15.5 Å². The first-order valence-electron chi connectivity index (χ1n) is 5.78. The van der Waals surface area contributed by atoms with Crippen molar-refractivity contribution in [2.75, 3.05) is 0 Å². The zero-order valence-electron chi connectivity index (χ0n) is 9.40. The number of amides is 1. The summed E-state index contributed by atoms with van der Waals surface area (Å²) >= 11 is 6.03. The summed E-state index contributed by atoms with van der Waals surface area (Å²) in [4.78, 5) is 14.0. The van der Waals surface area contributed by atoms with Gasteiger partial charge >= 0.3 is 0 Å². The molecule has 1 atom stereocenters. The zero-order valence-corrected chi connectivity index (χ0v) is 10.2. The van der Waals surface area contributed by atoms with Gasteiger partial charge in [-0.2, -0.15) is 0 Å². The monoisotopic (exact) mass is 259 g/mol. The molecule has 4 rings (SSSR count). The second-order valence-electron chi connectivity index (χ2n) is 4.58. The number of carbonyl (C=O) groups excluding carboxylic acids is 1. The van der Waals surface area contributed by atoms with Crippen LogP contribution in [-0.4, -0.2) is 17.0 Å². The van der Waals surface area contributed by atoms with Crippen LogP contribution < -0.4 is 10.6 Å². The van der Waals surface area contributed by atoms with Crippen LogP contribution in [0.25, 0.3) is 5.70 Å². The van der Waals surface area contributed by atoms with E-state index in [1.807, 2.05) is 29.3 Å². The summed E-state index contributed by atoms with van der Waals surface area (Å²) in [6.45, 7) is 0. The Hall–Kier alpha value is -1.94. The second kappa shape index (κ2) is 3.29. The normalized spacial score (nSPS) is 23.5. The maximum atomic E-state index is 12.0. The molecule has 0 aromatic heterocycles. The van der Waals surface area contributed by atoms with Gasteiger partial charge in [0.2, 0.25) is 0 Å². The second-order valence-corrected chi connectivity index (χ2v) is 5.02. The lowest BCUT2D eigenvalue weighted by Crippen LogP contribution is -2.51. The largest absolute Gasteiger partial charge is 0.362 e. The van der Waals surface area contributed by atoms with Gasteiger partial charge < -0.3 is 15.5 Å². The fraction of sp³-hybridized carbons (Fsp3) is 0.154. The van der Waals surface area contributed by atoms with Crippen molar-refractivity contribution in [3.63, 3.8) is 0 Å². The van der Waals surface area contributed by atoms with E-state index in [2.05, 4.69) is 10.6 Å². The topological polar surface area (TPSA) is 44.4 Å². The standard InChI is InChI=1S/C13H10ClN3O/c14-8-2-1-7-5-10-11(9(7)6-8)16-13(18)12-15-3-4-17(10)12/h1-4,6,12,15H,5H2,(H,16,18). The maximum Gasteiger partial charge on any atom is 0.268 e. The number of hydrogen-bond donors (Lipinski definition) is 2. The Kier molecular flexibility index (Phi) is 1.84. The number of nitrogens with zero attached hydrogens (tertiary/aromatic N) is 1. The summed E-state index contributed by atoms with van der Waals surface area (Å²) in [6.07, 6.45) is 4.22. The highest BCUT2D eigenvalue weighted by atomic mass is 35.5. The lowest BCUT2D eigenvalue weighted by molar-refractivity contribution is -0.124. The first kappa shape index (κ1) is 10.0. The molecular formula is C13H10ClN3O. The Labute approximate surface area is 109 Å². The lowest BCUT2D eigenvalue weighted by atomic mass is 10.1. The number of fused-ring (bicyclic) bond motifs is 4. The van der Waals surface area contributed by atoms with Crippen LogP contribution in [0.5, 0.6) is 0 Å². The predicted octanol–water partition coefficient (Wildman–Crippen LogP) is 1.40. The molecule has 1 unspecified atom stereocenters. The van der Waals surface area contributed by atoms with Gasteiger partial charge in [-0.05, 0) is 17.7 Å². The average molecular weight is 260 g/mol. The summed E-state index contributed by atoms with van der Waals surface area (Å²) in [5, 5.41) is 6.69. The number of hydrogen-bond acceptors (Lipinski definition) is 3. The van der Waals surface area contributed by atoms with E-state index >= 15 is 0 Å². The van der Waals surface area contributed by atoms with E-state index < -0.39 is 0 Å². The van der Waals surface area contributed by atoms with Crippen LogP contribution >= 0.6 is 11.6 Å². The Morgan fingerprint density at radius 3 is 3.17 bits per heavy atom. The number of nitrogens with one attached hydrogen (secondary N) is 2. The molecule has 1 amide bonds. The van der Waals surface area contributed by atoms with Crippen molar-refractivity contribution in [3.05, 3.63) is 52.4 Å². The van der Waals surface area contributed by atoms with E-state index in [-0.39, 0.29) is 12.1 Å². The third kappa shape index (κ3) is 1.18. The van der Waals surface area contributed by atoms with Gasteiger partial charge in [-0.1, -0.05) is 17.7 Å². The van der Waals surface area contributed by atoms with Crippen molar-refractivity contribution >= 4 is 23.2 Å². The minimum Gasteiger partial charge on any atom is -0.362 e. The molecule has 90 valence electrons. The van der Waals surface area contributed by atoms with Crippen LogP contribution in [-0.2, 0) is 11.2 Å². The number of benzene rings is 1. The van der Waals surface area contributed by atoms with Crippen molar-refractivity contribution in [3.8, 4) is 0 Å². The minimum absolute atomic E-state index is 0.0356. The minimum atomic E-state index is -0.312. The molecule has 0 radical (unpaired) electrons. The van der Waals surface area contributed by atoms with Crippen LogP contribution in [0, 0.1) is 0 Å². The third-order valence-corrected chi connectivity index (χ3v) is 3.80. The van der Waals surface area contributed by atoms with Crippen LogP contribution in [0.15, 0.2) is 36.3 Å². The van der Waals surface area contributed by atoms with E-state index in [0.717, 1.165) is 23.4 Å². The SMILES string of the molecule is O=C1NC2=C(Cc3ccc(Cl)cc32)N2C=CNC12. The number of halogens is 1. The third-order valence-electron chi connectivity index (χ3n) is 3.56. The van der Waals surface area contributed by atoms with E-state index in [1.54, 1.807) is 6.20 Å². The highest BCUT2D eigenvalue weighted by Gasteiger charge is 2.39. The highest BCUT2D eigenvalue weighted by Crippen LogP contribution is 2.38. The maximum absolute atomic E-state index is 12.0. The van der Waals surface area contributed by atoms with E-state index in [4.69, 9.17) is 11.6 Å². The van der Waals surface area contributed by atoms with Crippen LogP contribution in [0.1, 0.15) is 11.1 Å². The van der Waals surface area contributed by atoms with Gasteiger partial charge in [0.1, 0.15) is 0 Å². The molecule has 4 nitrogen and oxygen atoms in total. The van der Waals surface area contributed by atoms with Crippen LogP contribution in [0.2, 0.25) is 5.02 Å². The fourth-order valence-corrected chi connectivity index (χ4v) is 2.91. The molecule has 0 spiro atoms. The smallest absolute Gasteiger partial charge is 0.268 e. The summed E-state index contributed by atoms with van der Waals surface area (Å²) in [7, 11) is 0. The first-order valence-corrected chi connectivity index (χ1v) is 6.16. The quantitative estimate of drug-likeness (QED) is 0.740. The lowest BCUT2D eigenvalue weighted by Gasteiger charge is -2.31. The Morgan fingerprint density at radius 2 is 2.28 bits per heavy atom. The molecule has 3 aliphatic rings. The fourth-order valence-electron chi connectivity index (χ4n) is 2.74. The molecule has 0 saturated heterocycles. The Balaban J connectivity index is 1.88. The van der Waals surface area contributed by atoms with Gasteiger partial charge in [0.15, 0.2) is 6.17 Å². The van der Waals surface area contributed by atoms with Gasteiger partial charge in [-0.15, -0.1) is 0 Å². The van der Waals surface area contributed by atoms with Crippen LogP contribution in [0.4, 0.5) is 0 Å². The molecule has 1 aliphatic carbocycles. The van der Waals surface area contributed by atoms with E-state index in [0.29, 0.717) is 5.02 Å². The van der Waals surface area contributed by atoms with Crippen LogP contribution in [0.3, 0.4) is 0 Å². The van der Waals surface area contributed by atoms with Crippen molar-refractivity contribution in [1.29, 1.82) is 0 Å². The summed E-state index contributed by atoms with van der Waals surface area (Å²) in [5.41, 5.74) is 4.25. The molecule has 1 aromatic carbocycles.